The SMILES string of the molecule is CC(S)CCN(C)C(=O)N1CCCC1COCc1cc(F)c(F)cc1F. The number of halogens is 3. The number of rotatable bonds is 7. The average Bonchev–Trinajstić information content (AvgIpc) is 3.04. The van der Waals surface area contributed by atoms with Gasteiger partial charge in [0, 0.05) is 37.0 Å². The third kappa shape index (κ3) is 5.54. The van der Waals surface area contributed by atoms with Crippen LogP contribution >= 0.6 is 12.6 Å². The van der Waals surface area contributed by atoms with Crippen LogP contribution in [0.25, 0.3) is 0 Å². The van der Waals surface area contributed by atoms with Gasteiger partial charge in [0.05, 0.1) is 19.3 Å². The van der Waals surface area contributed by atoms with Crippen molar-refractivity contribution in [2.75, 3.05) is 26.7 Å². The Morgan fingerprint density at radius 2 is 2.04 bits per heavy atom. The van der Waals surface area contributed by atoms with Crippen LogP contribution in [-0.2, 0) is 11.3 Å². The average molecular weight is 390 g/mol. The summed E-state index contributed by atoms with van der Waals surface area (Å²) in [5.41, 5.74) is -0.0420. The number of hydrogen-bond acceptors (Lipinski definition) is 3. The summed E-state index contributed by atoms with van der Waals surface area (Å²) in [5.74, 6) is -3.18. The van der Waals surface area contributed by atoms with Crippen LogP contribution in [0.1, 0.15) is 31.7 Å². The maximum absolute atomic E-state index is 13.6. The first-order chi connectivity index (χ1) is 12.3. The Morgan fingerprint density at radius 3 is 2.73 bits per heavy atom. The molecule has 1 fully saturated rings. The normalized spacial score (nSPS) is 18.2. The molecular formula is C18H25F3N2O2S. The van der Waals surface area contributed by atoms with E-state index in [1.165, 1.54) is 0 Å². The summed E-state index contributed by atoms with van der Waals surface area (Å²) in [6.07, 6.45) is 2.47. The molecule has 2 unspecified atom stereocenters. The van der Waals surface area contributed by atoms with Crippen LogP contribution in [0.15, 0.2) is 12.1 Å². The van der Waals surface area contributed by atoms with Crippen molar-refractivity contribution in [2.24, 2.45) is 0 Å². The van der Waals surface area contributed by atoms with E-state index >= 15 is 0 Å². The van der Waals surface area contributed by atoms with Crippen molar-refractivity contribution < 1.29 is 22.7 Å². The molecular weight excluding hydrogens is 365 g/mol. The van der Waals surface area contributed by atoms with Gasteiger partial charge in [0.1, 0.15) is 5.82 Å². The molecule has 0 radical (unpaired) electrons. The van der Waals surface area contributed by atoms with Crippen LogP contribution in [-0.4, -0.2) is 53.9 Å². The molecule has 0 N–H and O–H groups in total. The summed E-state index contributed by atoms with van der Waals surface area (Å²) in [6.45, 7) is 3.29. The number of benzene rings is 1. The van der Waals surface area contributed by atoms with Gasteiger partial charge in [0.2, 0.25) is 0 Å². The van der Waals surface area contributed by atoms with Gasteiger partial charge in [-0.15, -0.1) is 0 Å². The second kappa shape index (κ2) is 9.50. The maximum atomic E-state index is 13.6. The minimum absolute atomic E-state index is 0.0420. The van der Waals surface area contributed by atoms with Gasteiger partial charge >= 0.3 is 6.03 Å². The molecule has 1 saturated heterocycles. The number of carbonyl (C=O) groups excluding carboxylic acids is 1. The zero-order valence-electron chi connectivity index (χ0n) is 15.1. The molecule has 0 bridgehead atoms. The van der Waals surface area contributed by atoms with Crippen molar-refractivity contribution in [3.8, 4) is 0 Å². The Labute approximate surface area is 157 Å². The van der Waals surface area contributed by atoms with Crippen LogP contribution in [0.3, 0.4) is 0 Å². The van der Waals surface area contributed by atoms with Crippen LogP contribution in [0.5, 0.6) is 0 Å². The molecule has 2 amide bonds. The largest absolute Gasteiger partial charge is 0.375 e. The summed E-state index contributed by atoms with van der Waals surface area (Å²) < 4.78 is 45.3. The van der Waals surface area contributed by atoms with Crippen molar-refractivity contribution in [1.82, 2.24) is 9.80 Å². The standard InChI is InChI=1S/C18H25F3N2O2S/c1-12(26)5-7-22(2)18(24)23-6-3-4-14(23)11-25-10-13-8-16(20)17(21)9-15(13)19/h8-9,12,14,26H,3-7,10-11H2,1-2H3. The molecule has 1 aliphatic heterocycles. The lowest BCUT2D eigenvalue weighted by Gasteiger charge is -2.30. The van der Waals surface area contributed by atoms with Gasteiger partial charge < -0.3 is 14.5 Å². The summed E-state index contributed by atoms with van der Waals surface area (Å²) in [4.78, 5) is 16.0. The lowest BCUT2D eigenvalue weighted by Crippen LogP contribution is -2.45. The first-order valence-electron chi connectivity index (χ1n) is 8.70. The predicted octanol–water partition coefficient (Wildman–Crippen LogP) is 3.85. The van der Waals surface area contributed by atoms with Gasteiger partial charge in [-0.1, -0.05) is 6.92 Å². The first kappa shape index (κ1) is 20.9. The molecule has 0 spiro atoms. The molecule has 1 aromatic carbocycles. The predicted molar refractivity (Wildman–Crippen MR) is 96.8 cm³/mol. The fourth-order valence-electron chi connectivity index (χ4n) is 2.94. The Balaban J connectivity index is 1.87. The minimum Gasteiger partial charge on any atom is -0.375 e. The fraction of sp³-hybridized carbons (Fsp3) is 0.611. The van der Waals surface area contributed by atoms with Crippen molar-refractivity contribution in [3.63, 3.8) is 0 Å². The topological polar surface area (TPSA) is 32.8 Å². The highest BCUT2D eigenvalue weighted by Gasteiger charge is 2.30. The molecule has 8 heteroatoms. The maximum Gasteiger partial charge on any atom is 0.320 e. The molecule has 2 rings (SSSR count). The molecule has 4 nitrogen and oxygen atoms in total. The highest BCUT2D eigenvalue weighted by molar-refractivity contribution is 7.80. The Kier molecular flexibility index (Phi) is 7.64. The van der Waals surface area contributed by atoms with E-state index < -0.39 is 17.5 Å². The van der Waals surface area contributed by atoms with Gasteiger partial charge in [-0.2, -0.15) is 12.6 Å². The number of thiol groups is 1. The van der Waals surface area contributed by atoms with E-state index in [2.05, 4.69) is 12.6 Å². The van der Waals surface area contributed by atoms with Gasteiger partial charge in [-0.3, -0.25) is 0 Å². The van der Waals surface area contributed by atoms with Gasteiger partial charge in [0.15, 0.2) is 11.6 Å². The first-order valence-corrected chi connectivity index (χ1v) is 9.22. The lowest BCUT2D eigenvalue weighted by molar-refractivity contribution is 0.0678. The lowest BCUT2D eigenvalue weighted by atomic mass is 10.2. The summed E-state index contributed by atoms with van der Waals surface area (Å²) >= 11 is 4.32. The van der Waals surface area contributed by atoms with E-state index in [1.54, 1.807) is 16.8 Å². The number of likely N-dealkylation sites (tertiary alicyclic amines) is 1. The van der Waals surface area contributed by atoms with E-state index in [1.807, 2.05) is 6.92 Å². The van der Waals surface area contributed by atoms with Crippen molar-refractivity contribution in [1.29, 1.82) is 0 Å². The molecule has 0 aliphatic carbocycles. The highest BCUT2D eigenvalue weighted by atomic mass is 32.1. The molecule has 26 heavy (non-hydrogen) atoms. The zero-order valence-corrected chi connectivity index (χ0v) is 15.9. The zero-order chi connectivity index (χ0) is 19.3. The molecule has 146 valence electrons. The van der Waals surface area contributed by atoms with Gasteiger partial charge in [-0.25, -0.2) is 18.0 Å². The van der Waals surface area contributed by atoms with Crippen LogP contribution < -0.4 is 0 Å². The molecule has 0 saturated carbocycles. The van der Waals surface area contributed by atoms with Crippen molar-refractivity contribution >= 4 is 18.7 Å². The molecule has 1 aliphatic rings. The quantitative estimate of drug-likeness (QED) is 0.567. The molecule has 1 aromatic rings. The Morgan fingerprint density at radius 1 is 1.35 bits per heavy atom. The third-order valence-corrected chi connectivity index (χ3v) is 4.75. The number of carbonyl (C=O) groups is 1. The smallest absolute Gasteiger partial charge is 0.320 e. The molecule has 2 atom stereocenters. The monoisotopic (exact) mass is 390 g/mol. The van der Waals surface area contributed by atoms with Crippen molar-refractivity contribution in [2.45, 2.75) is 44.1 Å². The van der Waals surface area contributed by atoms with Crippen LogP contribution in [0, 0.1) is 17.5 Å². The Bertz CT molecular complexity index is 631. The number of nitrogens with zero attached hydrogens (tertiary/aromatic N) is 2. The van der Waals surface area contributed by atoms with Gasteiger partial charge in [-0.05, 0) is 25.3 Å². The van der Waals surface area contributed by atoms with E-state index in [9.17, 15) is 18.0 Å². The Hall–Kier alpha value is -1.41. The van der Waals surface area contributed by atoms with Crippen LogP contribution in [0.2, 0.25) is 0 Å². The number of urea groups is 1. The fourth-order valence-corrected chi connectivity index (χ4v) is 3.05. The van der Waals surface area contributed by atoms with Crippen LogP contribution in [0.4, 0.5) is 18.0 Å². The molecule has 0 aromatic heterocycles. The number of ether oxygens (including phenoxy) is 1. The third-order valence-electron chi connectivity index (χ3n) is 4.49. The van der Waals surface area contributed by atoms with E-state index in [0.717, 1.165) is 25.3 Å². The second-order valence-corrected chi connectivity index (χ2v) is 7.59. The minimum atomic E-state index is -1.22. The summed E-state index contributed by atoms with van der Waals surface area (Å²) in [7, 11) is 1.76. The second-order valence-electron chi connectivity index (χ2n) is 6.70. The summed E-state index contributed by atoms with van der Waals surface area (Å²) in [5, 5.41) is 0.217. The van der Waals surface area contributed by atoms with Gasteiger partial charge in [0.25, 0.3) is 0 Å². The number of hydrogen-bond donors (Lipinski definition) is 1. The van der Waals surface area contributed by atoms with E-state index in [0.29, 0.717) is 19.2 Å². The van der Waals surface area contributed by atoms with Crippen molar-refractivity contribution in [3.05, 3.63) is 35.1 Å². The highest BCUT2D eigenvalue weighted by Crippen LogP contribution is 2.21. The van der Waals surface area contributed by atoms with E-state index in [-0.39, 0.29) is 36.1 Å². The number of amides is 2. The van der Waals surface area contributed by atoms with E-state index in [4.69, 9.17) is 4.74 Å². The summed E-state index contributed by atoms with van der Waals surface area (Å²) in [6, 6.07) is 1.14. The molecule has 1 heterocycles.